The van der Waals surface area contributed by atoms with Crippen LogP contribution in [0, 0.1) is 11.8 Å². The van der Waals surface area contributed by atoms with E-state index in [0.29, 0.717) is 12.0 Å². The standard InChI is InChI=1S/C19H26O5/c1-10(2)17(20)23-14-9-19(5)15(24-19)7-6-11(3)8-13-16(14)12(4)18(21)22-13/h8,10,13-16H,4,6-7,9H2,1-3,5H3/b11-8+/t13-,14-,15-,16+,19-/m1/s1. The maximum absolute atomic E-state index is 12.2. The summed E-state index contributed by atoms with van der Waals surface area (Å²) < 4.78 is 17.2. The summed E-state index contributed by atoms with van der Waals surface area (Å²) in [5, 5.41) is 0. The molecule has 0 aromatic carbocycles. The summed E-state index contributed by atoms with van der Waals surface area (Å²) in [5.74, 6) is -1.26. The molecule has 5 heteroatoms. The molecule has 5 atom stereocenters. The molecule has 2 saturated heterocycles. The Morgan fingerprint density at radius 2 is 2.17 bits per heavy atom. The summed E-state index contributed by atoms with van der Waals surface area (Å²) in [4.78, 5) is 24.3. The molecule has 2 heterocycles. The molecule has 0 amide bonds. The molecule has 3 rings (SSSR count). The van der Waals surface area contributed by atoms with Gasteiger partial charge >= 0.3 is 11.9 Å². The maximum Gasteiger partial charge on any atom is 0.334 e. The fourth-order valence-electron chi connectivity index (χ4n) is 3.66. The van der Waals surface area contributed by atoms with Crippen LogP contribution in [0.2, 0.25) is 0 Å². The molecule has 0 radical (unpaired) electrons. The van der Waals surface area contributed by atoms with Crippen molar-refractivity contribution >= 4 is 11.9 Å². The number of carbonyl (C=O) groups is 2. The van der Waals surface area contributed by atoms with Gasteiger partial charge < -0.3 is 14.2 Å². The molecule has 132 valence electrons. The monoisotopic (exact) mass is 334 g/mol. The molecule has 5 nitrogen and oxygen atoms in total. The molecule has 3 aliphatic rings. The number of hydrogen-bond donors (Lipinski definition) is 0. The number of esters is 2. The predicted octanol–water partition coefficient (Wildman–Crippen LogP) is 2.94. The van der Waals surface area contributed by atoms with Gasteiger partial charge in [0.15, 0.2) is 0 Å². The lowest BCUT2D eigenvalue weighted by atomic mass is 9.82. The molecule has 0 bridgehead atoms. The molecule has 0 aromatic heterocycles. The van der Waals surface area contributed by atoms with Gasteiger partial charge in [-0.15, -0.1) is 0 Å². The van der Waals surface area contributed by atoms with Crippen LogP contribution >= 0.6 is 0 Å². The second kappa shape index (κ2) is 6.03. The fourth-order valence-corrected chi connectivity index (χ4v) is 3.66. The molecule has 1 aliphatic carbocycles. The number of hydrogen-bond acceptors (Lipinski definition) is 5. The van der Waals surface area contributed by atoms with Crippen LogP contribution in [0.15, 0.2) is 23.8 Å². The molecular formula is C19H26O5. The highest BCUT2D eigenvalue weighted by molar-refractivity contribution is 5.91. The molecule has 2 fully saturated rings. The van der Waals surface area contributed by atoms with Gasteiger partial charge in [0.2, 0.25) is 0 Å². The van der Waals surface area contributed by atoms with Gasteiger partial charge in [0.05, 0.1) is 23.5 Å². The van der Waals surface area contributed by atoms with Gasteiger partial charge in [-0.2, -0.15) is 0 Å². The number of fused-ring (bicyclic) bond motifs is 2. The Kier molecular flexibility index (Phi) is 4.32. The molecule has 0 saturated carbocycles. The molecule has 0 spiro atoms. The summed E-state index contributed by atoms with van der Waals surface area (Å²) in [6, 6.07) is 0. The molecule has 0 unspecified atom stereocenters. The zero-order valence-electron chi connectivity index (χ0n) is 14.8. The Labute approximate surface area is 143 Å². The first-order chi connectivity index (χ1) is 11.2. The van der Waals surface area contributed by atoms with Crippen molar-refractivity contribution < 1.29 is 23.8 Å². The van der Waals surface area contributed by atoms with Crippen LogP contribution in [-0.2, 0) is 23.8 Å². The lowest BCUT2D eigenvalue weighted by molar-refractivity contribution is -0.157. The van der Waals surface area contributed by atoms with Crippen LogP contribution < -0.4 is 0 Å². The van der Waals surface area contributed by atoms with Gasteiger partial charge in [-0.3, -0.25) is 4.79 Å². The molecule has 0 aromatic rings. The second-order valence-corrected chi connectivity index (χ2v) is 7.73. The third-order valence-electron chi connectivity index (χ3n) is 5.29. The highest BCUT2D eigenvalue weighted by atomic mass is 16.6. The van der Waals surface area contributed by atoms with Crippen molar-refractivity contribution in [2.75, 3.05) is 0 Å². The number of ether oxygens (including phenoxy) is 3. The van der Waals surface area contributed by atoms with E-state index in [0.717, 1.165) is 18.4 Å². The van der Waals surface area contributed by atoms with E-state index in [1.54, 1.807) is 13.8 Å². The first-order valence-electron chi connectivity index (χ1n) is 8.66. The minimum atomic E-state index is -0.471. The van der Waals surface area contributed by atoms with Gasteiger partial charge in [0, 0.05) is 12.0 Å². The topological polar surface area (TPSA) is 65.1 Å². The van der Waals surface area contributed by atoms with Crippen LogP contribution in [0.5, 0.6) is 0 Å². The van der Waals surface area contributed by atoms with Gasteiger partial charge in [-0.05, 0) is 32.8 Å². The Hall–Kier alpha value is -1.62. The van der Waals surface area contributed by atoms with Crippen LogP contribution in [0.4, 0.5) is 0 Å². The highest BCUT2D eigenvalue weighted by Crippen LogP contribution is 2.47. The van der Waals surface area contributed by atoms with Crippen LogP contribution in [0.25, 0.3) is 0 Å². The van der Waals surface area contributed by atoms with Gasteiger partial charge in [-0.1, -0.05) is 26.0 Å². The number of epoxide rings is 1. The first-order valence-corrected chi connectivity index (χ1v) is 8.66. The van der Waals surface area contributed by atoms with Gasteiger partial charge in [0.1, 0.15) is 12.2 Å². The lowest BCUT2D eigenvalue weighted by Gasteiger charge is -2.29. The average molecular weight is 334 g/mol. The van der Waals surface area contributed by atoms with Crippen LogP contribution in [0.3, 0.4) is 0 Å². The summed E-state index contributed by atoms with van der Waals surface area (Å²) >= 11 is 0. The fraction of sp³-hybridized carbons (Fsp3) is 0.684. The van der Waals surface area contributed by atoms with Crippen molar-refractivity contribution in [2.24, 2.45) is 11.8 Å². The minimum Gasteiger partial charge on any atom is -0.461 e. The van der Waals surface area contributed by atoms with Gasteiger partial charge in [-0.25, -0.2) is 4.79 Å². The quantitative estimate of drug-likeness (QED) is 0.336. The van der Waals surface area contributed by atoms with Crippen molar-refractivity contribution in [3.05, 3.63) is 23.8 Å². The van der Waals surface area contributed by atoms with Crippen molar-refractivity contribution in [3.63, 3.8) is 0 Å². The normalized spacial score (nSPS) is 41.0. The van der Waals surface area contributed by atoms with Crippen molar-refractivity contribution in [1.82, 2.24) is 0 Å². The summed E-state index contributed by atoms with van der Waals surface area (Å²) in [6.45, 7) is 11.6. The molecular weight excluding hydrogens is 308 g/mol. The predicted molar refractivity (Wildman–Crippen MR) is 88.1 cm³/mol. The molecule has 24 heavy (non-hydrogen) atoms. The average Bonchev–Trinajstić information content (AvgIpc) is 3.04. The SMILES string of the molecule is C=C1C(=O)O[C@@H]2/C=C(\C)CC[C@H]3O[C@]3(C)C[C@@H](OC(=O)C(C)C)[C@@H]12. The summed E-state index contributed by atoms with van der Waals surface area (Å²) in [5.41, 5.74) is 1.23. The largest absolute Gasteiger partial charge is 0.461 e. The van der Waals surface area contributed by atoms with E-state index in [9.17, 15) is 9.59 Å². The summed E-state index contributed by atoms with van der Waals surface area (Å²) in [6.07, 6.45) is 3.64. The van der Waals surface area contributed by atoms with E-state index in [2.05, 4.69) is 6.58 Å². The van der Waals surface area contributed by atoms with Crippen molar-refractivity contribution in [3.8, 4) is 0 Å². The van der Waals surface area contributed by atoms with E-state index in [1.165, 1.54) is 0 Å². The first kappa shape index (κ1) is 17.2. The summed E-state index contributed by atoms with van der Waals surface area (Å²) in [7, 11) is 0. The highest BCUT2D eigenvalue weighted by Gasteiger charge is 2.56. The number of rotatable bonds is 2. The Balaban J connectivity index is 1.94. The van der Waals surface area contributed by atoms with Crippen LogP contribution in [0.1, 0.15) is 47.0 Å². The van der Waals surface area contributed by atoms with E-state index < -0.39 is 18.2 Å². The van der Waals surface area contributed by atoms with E-state index in [1.807, 2.05) is 19.9 Å². The Bertz CT molecular complexity index is 605. The Morgan fingerprint density at radius 3 is 2.83 bits per heavy atom. The van der Waals surface area contributed by atoms with E-state index in [-0.39, 0.29) is 29.5 Å². The molecule has 0 N–H and O–H groups in total. The van der Waals surface area contributed by atoms with Crippen molar-refractivity contribution in [1.29, 1.82) is 0 Å². The van der Waals surface area contributed by atoms with E-state index >= 15 is 0 Å². The Morgan fingerprint density at radius 1 is 1.46 bits per heavy atom. The second-order valence-electron chi connectivity index (χ2n) is 7.73. The van der Waals surface area contributed by atoms with Gasteiger partial charge in [0.25, 0.3) is 0 Å². The smallest absolute Gasteiger partial charge is 0.334 e. The van der Waals surface area contributed by atoms with Crippen molar-refractivity contribution in [2.45, 2.75) is 70.9 Å². The third kappa shape index (κ3) is 3.14. The van der Waals surface area contributed by atoms with Crippen LogP contribution in [-0.4, -0.2) is 35.9 Å². The maximum atomic E-state index is 12.2. The number of allylic oxidation sites excluding steroid dienone is 1. The van der Waals surface area contributed by atoms with E-state index in [4.69, 9.17) is 14.2 Å². The molecule has 2 aliphatic heterocycles. The zero-order chi connectivity index (χ0) is 17.6. The lowest BCUT2D eigenvalue weighted by Crippen LogP contribution is -2.37. The zero-order valence-corrected chi connectivity index (χ0v) is 14.8. The minimum absolute atomic E-state index is 0.170. The third-order valence-corrected chi connectivity index (χ3v) is 5.29. The number of carbonyl (C=O) groups excluding carboxylic acids is 2.